The van der Waals surface area contributed by atoms with Crippen molar-refractivity contribution in [3.8, 4) is 17.3 Å². The van der Waals surface area contributed by atoms with Crippen molar-refractivity contribution in [3.05, 3.63) is 48.0 Å². The van der Waals surface area contributed by atoms with Crippen molar-refractivity contribution < 1.29 is 68.2 Å². The number of halogens is 6. The maximum atomic E-state index is 15.1. The van der Waals surface area contributed by atoms with Gasteiger partial charge in [0, 0.05) is 17.9 Å². The first-order chi connectivity index (χ1) is 30.1. The highest BCUT2D eigenvalue weighted by molar-refractivity contribution is 7.91. The van der Waals surface area contributed by atoms with Crippen molar-refractivity contribution in [2.75, 3.05) is 6.54 Å². The number of rotatable bonds is 8. The summed E-state index contributed by atoms with van der Waals surface area (Å²) in [6.45, 7) is 6.64. The second kappa shape index (κ2) is 16.4. The number of carboxylic acid groups (broad SMARTS) is 1. The second-order valence-electron chi connectivity index (χ2n) is 18.5. The van der Waals surface area contributed by atoms with E-state index in [0.29, 0.717) is 38.0 Å². The van der Waals surface area contributed by atoms with Crippen LogP contribution in [-0.2, 0) is 30.6 Å². The maximum Gasteiger partial charge on any atom is 0.438 e. The Kier molecular flexibility index (Phi) is 12.0. The first-order valence-corrected chi connectivity index (χ1v) is 22.5. The third-order valence-corrected chi connectivity index (χ3v) is 15.2. The van der Waals surface area contributed by atoms with E-state index < -0.39 is 117 Å². The molecule has 1 aromatic carbocycles. The first-order valence-electron chi connectivity index (χ1n) is 21.0. The van der Waals surface area contributed by atoms with Crippen LogP contribution in [0.15, 0.2) is 41.0 Å². The van der Waals surface area contributed by atoms with E-state index >= 15 is 4.79 Å². The number of aryl methyl sites for hydroxylation is 1. The number of hydrogen-bond acceptors (Lipinski definition) is 11. The Bertz CT molecular complexity index is 2540. The van der Waals surface area contributed by atoms with Crippen LogP contribution in [0, 0.1) is 24.7 Å². The summed E-state index contributed by atoms with van der Waals surface area (Å²) in [4.78, 5) is 69.4. The van der Waals surface area contributed by atoms with E-state index in [2.05, 4.69) is 25.0 Å². The zero-order valence-corrected chi connectivity index (χ0v) is 37.0. The van der Waals surface area contributed by atoms with Crippen molar-refractivity contribution in [1.29, 1.82) is 0 Å². The molecule has 0 bridgehead atoms. The fourth-order valence-corrected chi connectivity index (χ4v) is 9.98. The number of carbonyl (C=O) groups excluding carboxylic acids is 3. The van der Waals surface area contributed by atoms with Gasteiger partial charge in [-0.25, -0.2) is 28.2 Å². The fourth-order valence-electron chi connectivity index (χ4n) is 8.67. The molecule has 4 amide bonds. The van der Waals surface area contributed by atoms with Crippen molar-refractivity contribution in [2.45, 2.75) is 133 Å². The molecule has 0 radical (unpaired) electrons. The molecule has 0 unspecified atom stereocenters. The van der Waals surface area contributed by atoms with Gasteiger partial charge in [0.2, 0.25) is 39.3 Å². The van der Waals surface area contributed by atoms with Gasteiger partial charge in [-0.1, -0.05) is 26.0 Å². The zero-order valence-electron chi connectivity index (χ0n) is 36.2. The summed E-state index contributed by atoms with van der Waals surface area (Å²) in [5.74, 6) is -6.18. The number of amides is 4. The summed E-state index contributed by atoms with van der Waals surface area (Å²) in [6, 6.07) is 0.112. The molecule has 2 aliphatic carbocycles. The van der Waals surface area contributed by atoms with Gasteiger partial charge in [0.15, 0.2) is 0 Å². The summed E-state index contributed by atoms with van der Waals surface area (Å²) < 4.78 is 127. The van der Waals surface area contributed by atoms with Gasteiger partial charge in [-0.05, 0) is 96.3 Å². The Labute approximate surface area is 369 Å². The molecule has 7 rings (SSSR count). The third kappa shape index (κ3) is 9.08. The quantitative estimate of drug-likeness (QED) is 0.162. The smallest absolute Gasteiger partial charge is 0.438 e. The van der Waals surface area contributed by atoms with E-state index in [1.165, 1.54) is 38.2 Å². The first kappa shape index (κ1) is 47.5. The zero-order chi connectivity index (χ0) is 47.8. The number of nitrogens with one attached hydrogen (secondary N) is 2. The van der Waals surface area contributed by atoms with Gasteiger partial charge < -0.3 is 24.5 Å². The molecule has 354 valence electrons. The average molecular weight is 942 g/mol. The van der Waals surface area contributed by atoms with Crippen LogP contribution < -0.4 is 14.8 Å². The normalized spacial score (nSPS) is 27.5. The molecule has 4 aliphatic rings. The Morgan fingerprint density at radius 1 is 1.06 bits per heavy atom. The van der Waals surface area contributed by atoms with Crippen molar-refractivity contribution >= 4 is 44.9 Å². The number of carbonyl (C=O) groups is 4. The molecule has 7 atom stereocenters. The molecule has 1 saturated heterocycles. The number of nitrogens with zero attached hydrogens (tertiary/aromatic N) is 5. The van der Waals surface area contributed by atoms with E-state index in [4.69, 9.17) is 9.15 Å². The van der Waals surface area contributed by atoms with Crippen LogP contribution in [0.2, 0.25) is 0 Å². The van der Waals surface area contributed by atoms with Gasteiger partial charge in [-0.3, -0.25) is 24.0 Å². The fraction of sp³-hybridized carbons (Fsp3) is 0.595. The third-order valence-electron chi connectivity index (χ3n) is 13.0. The highest BCUT2D eigenvalue weighted by Gasteiger charge is 2.64. The van der Waals surface area contributed by atoms with Gasteiger partial charge in [-0.15, -0.1) is 0 Å². The molecule has 2 aliphatic heterocycles. The largest absolute Gasteiger partial charge is 0.471 e. The van der Waals surface area contributed by atoms with Gasteiger partial charge >= 0.3 is 18.4 Å². The molecule has 65 heavy (non-hydrogen) atoms. The van der Waals surface area contributed by atoms with Crippen LogP contribution in [0.3, 0.4) is 0 Å². The van der Waals surface area contributed by atoms with Crippen molar-refractivity contribution in [3.63, 3.8) is 0 Å². The van der Waals surface area contributed by atoms with E-state index in [1.54, 1.807) is 26.0 Å². The second-order valence-corrected chi connectivity index (χ2v) is 20.7. The molecule has 2 saturated carbocycles. The minimum absolute atomic E-state index is 0.00738. The van der Waals surface area contributed by atoms with Crippen LogP contribution in [0.5, 0.6) is 5.88 Å². The van der Waals surface area contributed by atoms with Crippen molar-refractivity contribution in [1.82, 2.24) is 34.8 Å². The maximum absolute atomic E-state index is 15.1. The number of fused-ring (bicyclic) bond motifs is 3. The molecule has 3 fully saturated rings. The number of aromatic nitrogens is 3. The standard InChI is InChI=1S/C42H49F6N7O9S/c1-21-9-7-8-10-25-18-40(25,36(58)53-65(61,62)39(6)13-14-39)52-32(56)29-17-26(20-54(29)35(57)30(22(2)15-21)55(37(59)60)38(4,5)42(46,47)48)64-34-31(41(43,44)45)50-27-12-11-24(16-28(27)51-34)33-49-19-23(3)63-33/h8,10-12,16,19,21-22,25-26,29-30H,7,9,13-15,17-18,20H2,1-6H3,(H,52,56)(H,53,58)(H,59,60)/t21-,22-,25-,26-,29+,30+,40-/m1/s1. The molecule has 3 N–H and O–H groups in total. The molecule has 3 aromatic rings. The number of ether oxygens (including phenoxy) is 1. The lowest BCUT2D eigenvalue weighted by Crippen LogP contribution is -2.66. The van der Waals surface area contributed by atoms with Gasteiger partial charge in [-0.2, -0.15) is 26.3 Å². The molecule has 23 heteroatoms. The topological polar surface area (TPSA) is 214 Å². The summed E-state index contributed by atoms with van der Waals surface area (Å²) in [7, 11) is -4.24. The number of allylic oxidation sites excluding steroid dienone is 1. The lowest BCUT2D eigenvalue weighted by atomic mass is 9.85. The summed E-state index contributed by atoms with van der Waals surface area (Å²) in [6.07, 6.45) is -8.66. The molecular weight excluding hydrogens is 893 g/mol. The van der Waals surface area contributed by atoms with E-state index in [-0.39, 0.29) is 53.4 Å². The van der Waals surface area contributed by atoms with Crippen LogP contribution in [-0.4, -0.2) is 109 Å². The highest BCUT2D eigenvalue weighted by atomic mass is 32.2. The molecule has 4 heterocycles. The number of alkyl halides is 6. The van der Waals surface area contributed by atoms with Gasteiger partial charge in [0.25, 0.3) is 5.91 Å². The minimum Gasteiger partial charge on any atom is -0.471 e. The molecule has 16 nitrogen and oxygen atoms in total. The van der Waals surface area contributed by atoms with Crippen LogP contribution in [0.4, 0.5) is 31.1 Å². The number of benzene rings is 1. The predicted molar refractivity (Wildman–Crippen MR) is 218 cm³/mol. The highest BCUT2D eigenvalue weighted by Crippen LogP contribution is 2.48. The van der Waals surface area contributed by atoms with Crippen molar-refractivity contribution in [2.24, 2.45) is 17.8 Å². The summed E-state index contributed by atoms with van der Waals surface area (Å²) in [5, 5.41) is 13.0. The molecule has 0 spiro atoms. The summed E-state index contributed by atoms with van der Waals surface area (Å²) in [5.41, 5.74) is -6.64. The number of hydrogen-bond donors (Lipinski definition) is 3. The lowest BCUT2D eigenvalue weighted by Gasteiger charge is -2.45. The summed E-state index contributed by atoms with van der Waals surface area (Å²) >= 11 is 0. The Hall–Kier alpha value is -5.48. The minimum atomic E-state index is -5.22. The van der Waals surface area contributed by atoms with E-state index in [0.717, 1.165) is 4.90 Å². The Morgan fingerprint density at radius 3 is 2.35 bits per heavy atom. The van der Waals surface area contributed by atoms with Crippen LogP contribution in [0.1, 0.15) is 91.0 Å². The van der Waals surface area contributed by atoms with E-state index in [9.17, 15) is 54.3 Å². The van der Waals surface area contributed by atoms with Crippen LogP contribution in [0.25, 0.3) is 22.5 Å². The Balaban J connectivity index is 1.32. The number of sulfonamides is 1. The van der Waals surface area contributed by atoms with Crippen LogP contribution >= 0.6 is 0 Å². The van der Waals surface area contributed by atoms with Gasteiger partial charge in [0.1, 0.15) is 35.0 Å². The monoisotopic (exact) mass is 941 g/mol. The van der Waals surface area contributed by atoms with Gasteiger partial charge in [0.05, 0.1) is 28.5 Å². The SMILES string of the molecule is Cc1cnc(-c2ccc3nc(C(F)(F)F)c(O[C@@H]4C[C@H]5C(=O)N[C@]6(C(=O)NS(=O)(=O)C7(C)CC7)C[C@H]6C=CCC[C@@H](C)C[C@@H](C)[C@H](N(C(=O)O)C(C)(C)C(F)(F)F)C(=O)N5C4)nc3c2)o1. The predicted octanol–water partition coefficient (Wildman–Crippen LogP) is 6.54. The lowest BCUT2D eigenvalue weighted by molar-refractivity contribution is -0.222. The van der Waals surface area contributed by atoms with E-state index in [1.807, 2.05) is 0 Å². The molecular formula is C42H49F6N7O9S. The Morgan fingerprint density at radius 2 is 1.75 bits per heavy atom. The average Bonchev–Trinajstić information content (AvgIpc) is 4.00. The molecule has 2 aromatic heterocycles. The number of oxazole rings is 1.